The number of nitrogens with one attached hydrogen (secondary N) is 1. The Hall–Kier alpha value is -2.49. The molecule has 1 amide bonds. The zero-order valence-corrected chi connectivity index (χ0v) is 13.1. The van der Waals surface area contributed by atoms with Crippen LogP contribution >= 0.6 is 0 Å². The highest BCUT2D eigenvalue weighted by atomic mass is 16.5. The molecule has 0 spiro atoms. The minimum absolute atomic E-state index is 0.413. The third kappa shape index (κ3) is 4.25. The van der Waals surface area contributed by atoms with Crippen LogP contribution in [0.1, 0.15) is 34.8 Å². The Morgan fingerprint density at radius 1 is 1.23 bits per heavy atom. The van der Waals surface area contributed by atoms with Crippen molar-refractivity contribution >= 4 is 11.6 Å². The Morgan fingerprint density at radius 3 is 2.77 bits per heavy atom. The summed E-state index contributed by atoms with van der Waals surface area (Å²) in [6.07, 6.45) is 0.966. The van der Waals surface area contributed by atoms with Crippen molar-refractivity contribution in [2.75, 3.05) is 11.9 Å². The topological polar surface area (TPSA) is 64.3 Å². The summed E-state index contributed by atoms with van der Waals surface area (Å²) in [5.74, 6) is 0.442. The molecular weight excluding hydrogens is 276 g/mol. The Labute approximate surface area is 131 Å². The van der Waals surface area contributed by atoms with E-state index in [0.717, 1.165) is 29.0 Å². The predicted octanol–water partition coefficient (Wildman–Crippen LogP) is 3.49. The number of hydrogen-bond donors (Lipinski definition) is 2. The summed E-state index contributed by atoms with van der Waals surface area (Å²) >= 11 is 0. The van der Waals surface area contributed by atoms with Crippen LogP contribution < -0.4 is 15.8 Å². The van der Waals surface area contributed by atoms with Gasteiger partial charge in [-0.05, 0) is 48.7 Å². The first-order valence-corrected chi connectivity index (χ1v) is 7.46. The Kier molecular flexibility index (Phi) is 5.42. The van der Waals surface area contributed by atoms with E-state index in [9.17, 15) is 4.79 Å². The van der Waals surface area contributed by atoms with Crippen LogP contribution in [0.2, 0.25) is 0 Å². The maximum atomic E-state index is 11.2. The van der Waals surface area contributed by atoms with Crippen LogP contribution in [0, 0.1) is 6.92 Å². The summed E-state index contributed by atoms with van der Waals surface area (Å²) < 4.78 is 5.78. The number of aryl methyl sites for hydroxylation is 1. The van der Waals surface area contributed by atoms with E-state index in [-0.39, 0.29) is 0 Å². The van der Waals surface area contributed by atoms with Crippen LogP contribution in [0.15, 0.2) is 42.5 Å². The van der Waals surface area contributed by atoms with Gasteiger partial charge in [-0.15, -0.1) is 0 Å². The van der Waals surface area contributed by atoms with Crippen molar-refractivity contribution < 1.29 is 9.53 Å². The molecule has 2 rings (SSSR count). The van der Waals surface area contributed by atoms with Gasteiger partial charge in [-0.1, -0.05) is 25.1 Å². The molecule has 0 radical (unpaired) electrons. The van der Waals surface area contributed by atoms with Gasteiger partial charge >= 0.3 is 0 Å². The van der Waals surface area contributed by atoms with E-state index in [1.54, 1.807) is 12.1 Å². The van der Waals surface area contributed by atoms with E-state index in [2.05, 4.69) is 12.2 Å². The number of carbonyl (C=O) groups is 1. The van der Waals surface area contributed by atoms with Gasteiger partial charge in [0.05, 0.1) is 12.3 Å². The number of ether oxygens (including phenoxy) is 1. The van der Waals surface area contributed by atoms with Crippen LogP contribution in [-0.2, 0) is 6.54 Å². The summed E-state index contributed by atoms with van der Waals surface area (Å²) in [6, 6.07) is 13.4. The van der Waals surface area contributed by atoms with Gasteiger partial charge in [-0.25, -0.2) is 0 Å². The first-order valence-electron chi connectivity index (χ1n) is 7.46. The van der Waals surface area contributed by atoms with E-state index in [0.29, 0.717) is 18.7 Å². The van der Waals surface area contributed by atoms with Gasteiger partial charge in [0.15, 0.2) is 0 Å². The number of amides is 1. The number of rotatable bonds is 7. The number of primary amides is 1. The van der Waals surface area contributed by atoms with Gasteiger partial charge in [0, 0.05) is 12.1 Å². The van der Waals surface area contributed by atoms with Crippen LogP contribution in [0.4, 0.5) is 5.69 Å². The van der Waals surface area contributed by atoms with Gasteiger partial charge in [0.2, 0.25) is 5.91 Å². The highest BCUT2D eigenvalue weighted by molar-refractivity contribution is 5.92. The first-order chi connectivity index (χ1) is 10.6. The molecular formula is C18H22N2O2. The molecule has 0 aliphatic heterocycles. The van der Waals surface area contributed by atoms with Crippen molar-refractivity contribution in [1.82, 2.24) is 0 Å². The molecule has 0 aliphatic carbocycles. The molecule has 4 nitrogen and oxygen atoms in total. The maximum Gasteiger partial charge on any atom is 0.248 e. The van der Waals surface area contributed by atoms with Crippen LogP contribution in [0.3, 0.4) is 0 Å². The molecule has 0 aromatic heterocycles. The third-order valence-corrected chi connectivity index (χ3v) is 3.29. The lowest BCUT2D eigenvalue weighted by Gasteiger charge is -2.14. The number of carbonyl (C=O) groups excluding carboxylic acids is 1. The lowest BCUT2D eigenvalue weighted by atomic mass is 10.1. The Bertz CT molecular complexity index is 653. The second kappa shape index (κ2) is 7.50. The summed E-state index contributed by atoms with van der Waals surface area (Å²) in [7, 11) is 0. The van der Waals surface area contributed by atoms with Crippen molar-refractivity contribution in [3.05, 3.63) is 59.2 Å². The summed E-state index contributed by atoms with van der Waals surface area (Å²) in [5.41, 5.74) is 8.93. The van der Waals surface area contributed by atoms with Crippen molar-refractivity contribution in [1.29, 1.82) is 0 Å². The van der Waals surface area contributed by atoms with Crippen molar-refractivity contribution in [3.8, 4) is 5.75 Å². The van der Waals surface area contributed by atoms with Gasteiger partial charge in [0.25, 0.3) is 0 Å². The molecule has 4 heteroatoms. The zero-order valence-electron chi connectivity index (χ0n) is 13.1. The summed E-state index contributed by atoms with van der Waals surface area (Å²) in [5, 5.41) is 3.35. The second-order valence-electron chi connectivity index (χ2n) is 5.27. The van der Waals surface area contributed by atoms with Gasteiger partial charge < -0.3 is 15.8 Å². The highest BCUT2D eigenvalue weighted by Gasteiger charge is 2.05. The molecule has 0 saturated carbocycles. The van der Waals surface area contributed by atoms with E-state index in [1.165, 1.54) is 0 Å². The molecule has 0 bridgehead atoms. The van der Waals surface area contributed by atoms with Gasteiger partial charge in [-0.2, -0.15) is 0 Å². The molecule has 2 aromatic rings. The lowest BCUT2D eigenvalue weighted by Crippen LogP contribution is -2.11. The molecule has 0 saturated heterocycles. The SMILES string of the molecule is CCCOc1cc(C)ccc1NCc1cccc(C(N)=O)c1. The Balaban J connectivity index is 2.10. The average Bonchev–Trinajstić information content (AvgIpc) is 2.52. The van der Waals surface area contributed by atoms with Crippen molar-refractivity contribution in [2.45, 2.75) is 26.8 Å². The van der Waals surface area contributed by atoms with Crippen LogP contribution in [-0.4, -0.2) is 12.5 Å². The first kappa shape index (κ1) is 15.9. The van der Waals surface area contributed by atoms with Crippen molar-refractivity contribution in [2.24, 2.45) is 5.73 Å². The molecule has 0 unspecified atom stereocenters. The minimum Gasteiger partial charge on any atom is -0.491 e. The van der Waals surface area contributed by atoms with E-state index < -0.39 is 5.91 Å². The summed E-state index contributed by atoms with van der Waals surface area (Å²) in [4.78, 5) is 11.2. The fourth-order valence-electron chi connectivity index (χ4n) is 2.14. The van der Waals surface area contributed by atoms with Crippen LogP contribution in [0.25, 0.3) is 0 Å². The number of anilines is 1. The van der Waals surface area contributed by atoms with E-state index >= 15 is 0 Å². The van der Waals surface area contributed by atoms with Gasteiger partial charge in [-0.3, -0.25) is 4.79 Å². The standard InChI is InChI=1S/C18H22N2O2/c1-3-9-22-17-10-13(2)7-8-16(17)20-12-14-5-4-6-15(11-14)18(19)21/h4-8,10-11,20H,3,9,12H2,1-2H3,(H2,19,21). The number of benzene rings is 2. The maximum absolute atomic E-state index is 11.2. The minimum atomic E-state index is -0.413. The Morgan fingerprint density at radius 2 is 2.05 bits per heavy atom. The third-order valence-electron chi connectivity index (χ3n) is 3.29. The monoisotopic (exact) mass is 298 g/mol. The molecule has 22 heavy (non-hydrogen) atoms. The fraction of sp³-hybridized carbons (Fsp3) is 0.278. The molecule has 2 aromatic carbocycles. The lowest BCUT2D eigenvalue weighted by molar-refractivity contribution is 0.1000. The smallest absolute Gasteiger partial charge is 0.248 e. The quantitative estimate of drug-likeness (QED) is 0.822. The molecule has 0 aliphatic rings. The second-order valence-corrected chi connectivity index (χ2v) is 5.27. The van der Waals surface area contributed by atoms with E-state index in [4.69, 9.17) is 10.5 Å². The largest absolute Gasteiger partial charge is 0.491 e. The molecule has 3 N–H and O–H groups in total. The number of nitrogens with two attached hydrogens (primary N) is 1. The highest BCUT2D eigenvalue weighted by Crippen LogP contribution is 2.26. The zero-order chi connectivity index (χ0) is 15.9. The van der Waals surface area contributed by atoms with Gasteiger partial charge in [0.1, 0.15) is 5.75 Å². The average molecular weight is 298 g/mol. The molecule has 0 heterocycles. The fourth-order valence-corrected chi connectivity index (χ4v) is 2.14. The van der Waals surface area contributed by atoms with Crippen LogP contribution in [0.5, 0.6) is 5.75 Å². The van der Waals surface area contributed by atoms with Crippen molar-refractivity contribution in [3.63, 3.8) is 0 Å². The predicted molar refractivity (Wildman–Crippen MR) is 89.3 cm³/mol. The summed E-state index contributed by atoms with van der Waals surface area (Å²) in [6.45, 7) is 5.42. The normalized spacial score (nSPS) is 10.3. The molecule has 0 fully saturated rings. The number of hydrogen-bond acceptors (Lipinski definition) is 3. The van der Waals surface area contributed by atoms with E-state index in [1.807, 2.05) is 37.3 Å². The molecule has 116 valence electrons. The molecule has 0 atom stereocenters.